The van der Waals surface area contributed by atoms with Crippen LogP contribution in [0.5, 0.6) is 0 Å². The third-order valence-electron chi connectivity index (χ3n) is 7.18. The van der Waals surface area contributed by atoms with E-state index in [2.05, 4.69) is 39.3 Å². The number of rotatable bonds is 9. The normalized spacial score (nSPS) is 17.8. The standard InChI is InChI=1S/C27H37ClN6O2/c1-3-32(4-2)15-6-8-20-9-7-16-33(19-20)17-14-30-27(36)34-24-18-21(28)11-12-22(24)26(35)31-23-10-5-13-29-25(23)34/h5,10-13,18,20H,3-4,6-9,14-17,19H2,1-2H3,(H,30,36)(H,31,35). The molecule has 1 saturated heterocycles. The van der Waals surface area contributed by atoms with Crippen LogP contribution < -0.4 is 15.5 Å². The summed E-state index contributed by atoms with van der Waals surface area (Å²) in [5.41, 5.74) is 1.27. The first-order valence-corrected chi connectivity index (χ1v) is 13.5. The third kappa shape index (κ3) is 6.35. The van der Waals surface area contributed by atoms with Crippen LogP contribution in [0.4, 0.5) is 22.0 Å². The number of nitrogens with zero attached hydrogens (tertiary/aromatic N) is 4. The highest BCUT2D eigenvalue weighted by molar-refractivity contribution is 6.31. The van der Waals surface area contributed by atoms with Crippen LogP contribution in [0.15, 0.2) is 36.5 Å². The lowest BCUT2D eigenvalue weighted by Gasteiger charge is -2.33. The van der Waals surface area contributed by atoms with E-state index in [4.69, 9.17) is 11.6 Å². The first kappa shape index (κ1) is 26.4. The molecule has 9 heteroatoms. The van der Waals surface area contributed by atoms with Crippen molar-refractivity contribution in [3.05, 3.63) is 47.1 Å². The van der Waals surface area contributed by atoms with Gasteiger partial charge in [-0.15, -0.1) is 0 Å². The van der Waals surface area contributed by atoms with E-state index in [-0.39, 0.29) is 11.9 Å². The molecule has 0 spiro atoms. The molecule has 4 rings (SSSR count). The SMILES string of the molecule is CCN(CC)CCCC1CCCN(CCNC(=O)N2c3cc(Cl)ccc3C(=O)Nc3cccnc32)C1. The Hall–Kier alpha value is -2.68. The van der Waals surface area contributed by atoms with E-state index in [0.29, 0.717) is 34.3 Å². The van der Waals surface area contributed by atoms with Gasteiger partial charge < -0.3 is 20.4 Å². The lowest BCUT2D eigenvalue weighted by molar-refractivity contribution is 0.102. The molecule has 194 valence electrons. The van der Waals surface area contributed by atoms with Gasteiger partial charge in [-0.2, -0.15) is 0 Å². The highest BCUT2D eigenvalue weighted by atomic mass is 35.5. The number of carbonyl (C=O) groups excluding carboxylic acids is 2. The molecule has 1 fully saturated rings. The molecule has 1 aromatic heterocycles. The molecule has 1 aromatic carbocycles. The molecule has 2 N–H and O–H groups in total. The van der Waals surface area contributed by atoms with Crippen molar-refractivity contribution in [1.29, 1.82) is 0 Å². The first-order valence-electron chi connectivity index (χ1n) is 13.1. The minimum atomic E-state index is -0.331. The summed E-state index contributed by atoms with van der Waals surface area (Å²) in [5, 5.41) is 6.34. The van der Waals surface area contributed by atoms with Crippen molar-refractivity contribution in [3.8, 4) is 0 Å². The number of aromatic nitrogens is 1. The lowest BCUT2D eigenvalue weighted by Crippen LogP contribution is -2.44. The van der Waals surface area contributed by atoms with Gasteiger partial charge in [0.1, 0.15) is 0 Å². The number of likely N-dealkylation sites (tertiary alicyclic amines) is 1. The van der Waals surface area contributed by atoms with E-state index < -0.39 is 0 Å². The van der Waals surface area contributed by atoms with Crippen molar-refractivity contribution < 1.29 is 9.59 Å². The van der Waals surface area contributed by atoms with Gasteiger partial charge in [-0.1, -0.05) is 25.4 Å². The number of halogens is 1. The number of benzene rings is 1. The number of hydrogen-bond donors (Lipinski definition) is 2. The van der Waals surface area contributed by atoms with Crippen LogP contribution in [0.25, 0.3) is 0 Å². The molecular formula is C27H37ClN6O2. The van der Waals surface area contributed by atoms with Gasteiger partial charge in [0.25, 0.3) is 5.91 Å². The summed E-state index contributed by atoms with van der Waals surface area (Å²) in [4.78, 5) is 37.0. The minimum absolute atomic E-state index is 0.299. The predicted octanol–water partition coefficient (Wildman–Crippen LogP) is 4.98. The summed E-state index contributed by atoms with van der Waals surface area (Å²) >= 11 is 6.24. The van der Waals surface area contributed by atoms with Crippen LogP contribution in [0, 0.1) is 5.92 Å². The Morgan fingerprint density at radius 3 is 2.92 bits per heavy atom. The largest absolute Gasteiger partial charge is 0.336 e. The van der Waals surface area contributed by atoms with Crippen molar-refractivity contribution in [2.24, 2.45) is 5.92 Å². The molecule has 2 aliphatic rings. The summed E-state index contributed by atoms with van der Waals surface area (Å²) in [5.74, 6) is 0.792. The Kier molecular flexibility index (Phi) is 9.18. The van der Waals surface area contributed by atoms with Crippen molar-refractivity contribution in [2.45, 2.75) is 39.5 Å². The number of pyridine rings is 1. The van der Waals surface area contributed by atoms with Crippen molar-refractivity contribution in [3.63, 3.8) is 0 Å². The summed E-state index contributed by atoms with van der Waals surface area (Å²) in [6.45, 7) is 11.3. The maximum absolute atomic E-state index is 13.4. The Morgan fingerprint density at radius 2 is 2.11 bits per heavy atom. The zero-order valence-electron chi connectivity index (χ0n) is 21.3. The smallest absolute Gasteiger partial charge is 0.327 e. The predicted molar refractivity (Wildman–Crippen MR) is 145 cm³/mol. The van der Waals surface area contributed by atoms with E-state index in [1.807, 2.05) is 0 Å². The maximum Gasteiger partial charge on any atom is 0.327 e. The highest BCUT2D eigenvalue weighted by Gasteiger charge is 2.31. The molecule has 1 unspecified atom stereocenters. The van der Waals surface area contributed by atoms with Crippen LogP contribution in [0.3, 0.4) is 0 Å². The number of amides is 3. The molecule has 3 heterocycles. The number of piperidine rings is 1. The molecular weight excluding hydrogens is 476 g/mol. The molecule has 0 radical (unpaired) electrons. The zero-order chi connectivity index (χ0) is 25.5. The molecule has 1 atom stereocenters. The average Bonchev–Trinajstić information content (AvgIpc) is 3.00. The van der Waals surface area contributed by atoms with Gasteiger partial charge >= 0.3 is 6.03 Å². The van der Waals surface area contributed by atoms with Gasteiger partial charge in [0, 0.05) is 30.9 Å². The monoisotopic (exact) mass is 512 g/mol. The van der Waals surface area contributed by atoms with Crippen LogP contribution in [-0.4, -0.2) is 72.5 Å². The van der Waals surface area contributed by atoms with E-state index in [1.54, 1.807) is 36.5 Å². The van der Waals surface area contributed by atoms with Gasteiger partial charge in [-0.05, 0) is 88.1 Å². The highest BCUT2D eigenvalue weighted by Crippen LogP contribution is 2.37. The van der Waals surface area contributed by atoms with Gasteiger partial charge in [0.2, 0.25) is 0 Å². The Balaban J connectivity index is 1.37. The number of urea groups is 1. The molecule has 0 aliphatic carbocycles. The van der Waals surface area contributed by atoms with Crippen molar-refractivity contribution in [2.75, 3.05) is 56.0 Å². The van der Waals surface area contributed by atoms with E-state index in [1.165, 1.54) is 37.1 Å². The number of fused-ring (bicyclic) bond motifs is 2. The number of anilines is 3. The van der Waals surface area contributed by atoms with Gasteiger partial charge in [0.05, 0.1) is 16.9 Å². The zero-order valence-corrected chi connectivity index (χ0v) is 22.1. The Bertz CT molecular complexity index is 1060. The number of nitrogens with one attached hydrogen (secondary N) is 2. The summed E-state index contributed by atoms with van der Waals surface area (Å²) < 4.78 is 0. The van der Waals surface area contributed by atoms with Crippen LogP contribution in [0.1, 0.15) is 49.9 Å². The quantitative estimate of drug-likeness (QED) is 0.495. The van der Waals surface area contributed by atoms with Crippen molar-refractivity contribution >= 4 is 40.7 Å². The second kappa shape index (κ2) is 12.5. The number of carbonyl (C=O) groups is 2. The Morgan fingerprint density at radius 1 is 1.28 bits per heavy atom. The average molecular weight is 513 g/mol. The lowest BCUT2D eigenvalue weighted by atomic mass is 9.93. The summed E-state index contributed by atoms with van der Waals surface area (Å²) in [6, 6.07) is 8.05. The molecule has 0 bridgehead atoms. The molecule has 36 heavy (non-hydrogen) atoms. The molecule has 2 aliphatic heterocycles. The van der Waals surface area contributed by atoms with Gasteiger partial charge in [-0.25, -0.2) is 14.7 Å². The first-order chi connectivity index (χ1) is 17.5. The second-order valence-electron chi connectivity index (χ2n) is 9.54. The van der Waals surface area contributed by atoms with Gasteiger partial charge in [0.15, 0.2) is 5.82 Å². The summed E-state index contributed by atoms with van der Waals surface area (Å²) in [7, 11) is 0. The van der Waals surface area contributed by atoms with E-state index in [0.717, 1.165) is 38.6 Å². The fourth-order valence-corrected chi connectivity index (χ4v) is 5.36. The minimum Gasteiger partial charge on any atom is -0.336 e. The van der Waals surface area contributed by atoms with E-state index in [9.17, 15) is 9.59 Å². The van der Waals surface area contributed by atoms with Gasteiger partial charge in [-0.3, -0.25) is 4.79 Å². The molecule has 8 nitrogen and oxygen atoms in total. The fraction of sp³-hybridized carbons (Fsp3) is 0.519. The maximum atomic E-state index is 13.4. The van der Waals surface area contributed by atoms with Crippen molar-refractivity contribution in [1.82, 2.24) is 20.1 Å². The topological polar surface area (TPSA) is 80.8 Å². The fourth-order valence-electron chi connectivity index (χ4n) is 5.20. The molecule has 3 amide bonds. The molecule has 2 aromatic rings. The second-order valence-corrected chi connectivity index (χ2v) is 9.97. The number of hydrogen-bond acceptors (Lipinski definition) is 5. The van der Waals surface area contributed by atoms with Crippen LogP contribution in [0.2, 0.25) is 5.02 Å². The Labute approximate surface area is 219 Å². The summed E-state index contributed by atoms with van der Waals surface area (Å²) in [6.07, 6.45) is 6.60. The van der Waals surface area contributed by atoms with Crippen LogP contribution in [-0.2, 0) is 0 Å². The van der Waals surface area contributed by atoms with E-state index >= 15 is 0 Å². The molecule has 0 saturated carbocycles. The van der Waals surface area contributed by atoms with Crippen LogP contribution >= 0.6 is 11.6 Å². The third-order valence-corrected chi connectivity index (χ3v) is 7.42.